The van der Waals surface area contributed by atoms with Crippen molar-refractivity contribution in [2.45, 2.75) is 50.7 Å². The normalized spacial score (nSPS) is 14.5. The van der Waals surface area contributed by atoms with Gasteiger partial charge in [-0.15, -0.1) is 21.5 Å². The van der Waals surface area contributed by atoms with Gasteiger partial charge >= 0.3 is 0 Å². The molecule has 0 aromatic carbocycles. The molecular weight excluding hydrogens is 394 g/mol. The molecule has 0 atom stereocenters. The van der Waals surface area contributed by atoms with Crippen molar-refractivity contribution < 1.29 is 4.79 Å². The minimum absolute atomic E-state index is 0.0106. The number of carbonyl (C=O) groups is 1. The quantitative estimate of drug-likeness (QED) is 0.471. The number of thiophene rings is 1. The molecule has 3 aromatic rings. The van der Waals surface area contributed by atoms with E-state index >= 15 is 0 Å². The van der Waals surface area contributed by atoms with Crippen LogP contribution >= 0.6 is 23.1 Å². The highest BCUT2D eigenvalue weighted by atomic mass is 32.2. The summed E-state index contributed by atoms with van der Waals surface area (Å²) in [6.45, 7) is 3.11. The number of nitrogens with one attached hydrogen (secondary N) is 1. The predicted molar refractivity (Wildman–Crippen MR) is 113 cm³/mol. The van der Waals surface area contributed by atoms with E-state index < -0.39 is 0 Å². The summed E-state index contributed by atoms with van der Waals surface area (Å²) in [5.74, 6) is 0.783. The van der Waals surface area contributed by atoms with Gasteiger partial charge in [-0.1, -0.05) is 23.4 Å². The second kappa shape index (κ2) is 8.48. The van der Waals surface area contributed by atoms with Crippen LogP contribution in [-0.4, -0.2) is 37.4 Å². The first-order valence-corrected chi connectivity index (χ1v) is 11.5. The molecule has 1 aliphatic carbocycles. The Balaban J connectivity index is 1.45. The van der Waals surface area contributed by atoms with Gasteiger partial charge < -0.3 is 5.32 Å². The second-order valence-electron chi connectivity index (χ2n) is 6.80. The van der Waals surface area contributed by atoms with E-state index in [0.717, 1.165) is 18.4 Å². The number of amides is 1. The van der Waals surface area contributed by atoms with Crippen LogP contribution in [0.5, 0.6) is 0 Å². The van der Waals surface area contributed by atoms with Crippen molar-refractivity contribution in [3.05, 3.63) is 33.4 Å². The number of thioether (sulfide) groups is 1. The summed E-state index contributed by atoms with van der Waals surface area (Å²) in [4.78, 5) is 24.8. The number of aromatic nitrogens is 4. The third kappa shape index (κ3) is 3.73. The molecule has 0 radical (unpaired) electrons. The molecule has 1 aliphatic rings. The van der Waals surface area contributed by atoms with Gasteiger partial charge in [-0.05, 0) is 50.5 Å². The Hall–Kier alpha value is -2.13. The molecule has 0 unspecified atom stereocenters. The molecule has 148 valence electrons. The fraction of sp³-hybridized carbons (Fsp3) is 0.474. The number of fused-ring (bicyclic) bond motifs is 3. The Morgan fingerprint density at radius 3 is 3.04 bits per heavy atom. The second-order valence-corrected chi connectivity index (χ2v) is 8.66. The fourth-order valence-electron chi connectivity index (χ4n) is 3.55. The van der Waals surface area contributed by atoms with Gasteiger partial charge in [0, 0.05) is 13.1 Å². The first kappa shape index (κ1) is 19.2. The molecule has 1 amide bonds. The Bertz CT molecular complexity index is 1100. The van der Waals surface area contributed by atoms with Crippen LogP contribution < -0.4 is 10.9 Å². The molecule has 28 heavy (non-hydrogen) atoms. The Kier molecular flexibility index (Phi) is 5.82. The Morgan fingerprint density at radius 1 is 1.36 bits per heavy atom. The standard InChI is InChI=1S/C19H23N5O2S2/c1-2-23-17(26)16-14(9-11-27-16)24-18(23)21-22-19(24)28-12-15(25)20-10-8-13-6-4-3-5-7-13/h6,9,11H,2-5,7-8,10,12H2,1H3,(H,20,25). The number of rotatable bonds is 7. The molecule has 0 saturated carbocycles. The van der Waals surface area contributed by atoms with Gasteiger partial charge in [-0.25, -0.2) is 0 Å². The molecule has 3 aromatic heterocycles. The van der Waals surface area contributed by atoms with Crippen LogP contribution in [0.25, 0.3) is 16.0 Å². The maximum absolute atomic E-state index is 12.6. The maximum Gasteiger partial charge on any atom is 0.272 e. The number of allylic oxidation sites excluding steroid dienone is 1. The average molecular weight is 418 g/mol. The van der Waals surface area contributed by atoms with Crippen molar-refractivity contribution in [1.29, 1.82) is 0 Å². The number of aryl methyl sites for hydroxylation is 1. The van der Waals surface area contributed by atoms with Gasteiger partial charge in [0.15, 0.2) is 5.16 Å². The van der Waals surface area contributed by atoms with Gasteiger partial charge in [0.2, 0.25) is 11.7 Å². The Morgan fingerprint density at radius 2 is 2.25 bits per heavy atom. The van der Waals surface area contributed by atoms with Crippen molar-refractivity contribution in [2.75, 3.05) is 12.3 Å². The summed E-state index contributed by atoms with van der Waals surface area (Å²) >= 11 is 2.76. The summed E-state index contributed by atoms with van der Waals surface area (Å²) in [7, 11) is 0. The fourth-order valence-corrected chi connectivity index (χ4v) is 5.15. The van der Waals surface area contributed by atoms with E-state index in [-0.39, 0.29) is 17.2 Å². The lowest BCUT2D eigenvalue weighted by atomic mass is 9.97. The van der Waals surface area contributed by atoms with E-state index in [1.165, 1.54) is 47.9 Å². The zero-order valence-corrected chi connectivity index (χ0v) is 17.4. The topological polar surface area (TPSA) is 81.3 Å². The molecule has 1 N–H and O–H groups in total. The Labute approximate surface area is 170 Å². The molecule has 0 bridgehead atoms. The van der Waals surface area contributed by atoms with Gasteiger partial charge in [0.1, 0.15) is 4.70 Å². The molecule has 0 aliphatic heterocycles. The van der Waals surface area contributed by atoms with Gasteiger partial charge in [0.25, 0.3) is 5.56 Å². The number of hydrogen-bond acceptors (Lipinski definition) is 6. The van der Waals surface area contributed by atoms with Crippen LogP contribution in [0.1, 0.15) is 39.0 Å². The average Bonchev–Trinajstić information content (AvgIpc) is 3.35. The lowest BCUT2D eigenvalue weighted by Crippen LogP contribution is -2.26. The van der Waals surface area contributed by atoms with E-state index in [0.29, 0.717) is 28.7 Å². The third-order valence-electron chi connectivity index (χ3n) is 4.98. The number of hydrogen-bond donors (Lipinski definition) is 1. The molecule has 9 heteroatoms. The van der Waals surface area contributed by atoms with Crippen molar-refractivity contribution in [3.63, 3.8) is 0 Å². The first-order chi connectivity index (χ1) is 13.7. The minimum Gasteiger partial charge on any atom is -0.355 e. The zero-order valence-electron chi connectivity index (χ0n) is 15.8. The SMILES string of the molecule is CCn1c(=O)c2sccc2n2c(SCC(=O)NCCC3=CCCCC3)nnc12. The van der Waals surface area contributed by atoms with Crippen LogP contribution in [0.3, 0.4) is 0 Å². The van der Waals surface area contributed by atoms with E-state index in [4.69, 9.17) is 0 Å². The number of nitrogens with zero attached hydrogens (tertiary/aromatic N) is 4. The molecule has 0 saturated heterocycles. The summed E-state index contributed by atoms with van der Waals surface area (Å²) in [6.07, 6.45) is 8.11. The van der Waals surface area contributed by atoms with Crippen LogP contribution in [0.2, 0.25) is 0 Å². The summed E-state index contributed by atoms with van der Waals surface area (Å²) < 4.78 is 4.18. The molecule has 4 rings (SSSR count). The van der Waals surface area contributed by atoms with Gasteiger partial charge in [0.05, 0.1) is 11.3 Å². The highest BCUT2D eigenvalue weighted by Gasteiger charge is 2.17. The summed E-state index contributed by atoms with van der Waals surface area (Å²) in [5, 5.41) is 14.0. The van der Waals surface area contributed by atoms with Crippen molar-refractivity contribution in [1.82, 2.24) is 24.5 Å². The molecule has 0 spiro atoms. The van der Waals surface area contributed by atoms with Gasteiger partial charge in [-0.2, -0.15) is 0 Å². The third-order valence-corrected chi connectivity index (χ3v) is 6.80. The minimum atomic E-state index is -0.0429. The largest absolute Gasteiger partial charge is 0.355 e. The zero-order chi connectivity index (χ0) is 19.5. The lowest BCUT2D eigenvalue weighted by Gasteiger charge is -2.12. The van der Waals surface area contributed by atoms with E-state index in [9.17, 15) is 9.59 Å². The van der Waals surface area contributed by atoms with Crippen LogP contribution in [-0.2, 0) is 11.3 Å². The van der Waals surface area contributed by atoms with E-state index in [1.54, 1.807) is 4.57 Å². The monoisotopic (exact) mass is 417 g/mol. The molecule has 0 fully saturated rings. The summed E-state index contributed by atoms with van der Waals surface area (Å²) in [5.41, 5.74) is 2.21. The van der Waals surface area contributed by atoms with E-state index in [2.05, 4.69) is 21.6 Å². The van der Waals surface area contributed by atoms with Crippen LogP contribution in [0, 0.1) is 0 Å². The maximum atomic E-state index is 12.6. The van der Waals surface area contributed by atoms with Gasteiger partial charge in [-0.3, -0.25) is 18.6 Å². The van der Waals surface area contributed by atoms with Crippen molar-refractivity contribution in [2.24, 2.45) is 0 Å². The first-order valence-electron chi connectivity index (χ1n) is 9.61. The van der Waals surface area contributed by atoms with Crippen molar-refractivity contribution in [3.8, 4) is 0 Å². The smallest absolute Gasteiger partial charge is 0.272 e. The summed E-state index contributed by atoms with van der Waals surface area (Å²) in [6, 6.07) is 1.90. The molecular formula is C19H23N5O2S2. The number of carbonyl (C=O) groups excluding carboxylic acids is 1. The van der Waals surface area contributed by atoms with E-state index in [1.807, 2.05) is 22.8 Å². The molecule has 7 nitrogen and oxygen atoms in total. The van der Waals surface area contributed by atoms with Crippen molar-refractivity contribution >= 4 is 45.0 Å². The highest BCUT2D eigenvalue weighted by molar-refractivity contribution is 7.99. The molecule has 3 heterocycles. The van der Waals surface area contributed by atoms with Crippen LogP contribution in [0.15, 0.2) is 33.0 Å². The lowest BCUT2D eigenvalue weighted by molar-refractivity contribution is -0.118. The highest BCUT2D eigenvalue weighted by Crippen LogP contribution is 2.24. The van der Waals surface area contributed by atoms with Crippen LogP contribution in [0.4, 0.5) is 0 Å². The predicted octanol–water partition coefficient (Wildman–Crippen LogP) is 3.22.